The van der Waals surface area contributed by atoms with Crippen LogP contribution in [0.25, 0.3) is 0 Å². The summed E-state index contributed by atoms with van der Waals surface area (Å²) in [5.74, 6) is -0.342. The summed E-state index contributed by atoms with van der Waals surface area (Å²) >= 11 is 0. The van der Waals surface area contributed by atoms with Gasteiger partial charge < -0.3 is 16.2 Å². The zero-order valence-corrected chi connectivity index (χ0v) is 10.8. The van der Waals surface area contributed by atoms with Gasteiger partial charge in [-0.25, -0.2) is 9.38 Å². The van der Waals surface area contributed by atoms with E-state index in [4.69, 9.17) is 16.2 Å². The van der Waals surface area contributed by atoms with Crippen LogP contribution in [0.15, 0.2) is 23.2 Å². The average molecular weight is 251 g/mol. The second kappa shape index (κ2) is 4.15. The molecule has 0 aliphatic carbocycles. The molecule has 5 heteroatoms. The molecule has 1 aliphatic rings. The topological polar surface area (TPSA) is 73.6 Å². The van der Waals surface area contributed by atoms with Gasteiger partial charge in [0.1, 0.15) is 11.9 Å². The second-order valence-electron chi connectivity index (χ2n) is 4.95. The van der Waals surface area contributed by atoms with Crippen molar-refractivity contribution in [3.05, 3.63) is 29.6 Å². The van der Waals surface area contributed by atoms with Crippen molar-refractivity contribution in [2.45, 2.75) is 32.4 Å². The lowest BCUT2D eigenvalue weighted by atomic mass is 9.77. The molecule has 0 saturated carbocycles. The van der Waals surface area contributed by atoms with Crippen LogP contribution in [-0.2, 0) is 10.3 Å². The zero-order chi connectivity index (χ0) is 13.5. The summed E-state index contributed by atoms with van der Waals surface area (Å²) in [6.07, 6.45) is -0.131. The minimum atomic E-state index is -0.763. The number of hydrogen-bond acceptors (Lipinski definition) is 4. The fourth-order valence-corrected chi connectivity index (χ4v) is 2.34. The minimum Gasteiger partial charge on any atom is -0.462 e. The lowest BCUT2D eigenvalue weighted by molar-refractivity contribution is 0.0704. The average Bonchev–Trinajstić information content (AvgIpc) is 2.29. The molecule has 1 aliphatic heterocycles. The molecule has 4 nitrogen and oxygen atoms in total. The van der Waals surface area contributed by atoms with Crippen LogP contribution in [-0.4, -0.2) is 12.1 Å². The van der Waals surface area contributed by atoms with Crippen LogP contribution in [0.1, 0.15) is 26.3 Å². The quantitative estimate of drug-likeness (QED) is 0.750. The van der Waals surface area contributed by atoms with Crippen molar-refractivity contribution in [3.63, 3.8) is 0 Å². The molecule has 0 spiro atoms. The molecule has 1 unspecified atom stereocenters. The third-order valence-electron chi connectivity index (χ3n) is 3.78. The fourth-order valence-electron chi connectivity index (χ4n) is 2.34. The van der Waals surface area contributed by atoms with E-state index in [1.165, 1.54) is 12.1 Å². The van der Waals surface area contributed by atoms with Gasteiger partial charge in [0.25, 0.3) is 6.02 Å². The number of nitrogens with zero attached hydrogens (tertiary/aromatic N) is 1. The highest BCUT2D eigenvalue weighted by Gasteiger charge is 2.42. The van der Waals surface area contributed by atoms with Gasteiger partial charge in [-0.15, -0.1) is 0 Å². The van der Waals surface area contributed by atoms with Crippen molar-refractivity contribution in [1.29, 1.82) is 0 Å². The highest BCUT2D eigenvalue weighted by Crippen LogP contribution is 2.40. The van der Waals surface area contributed by atoms with Gasteiger partial charge in [0.05, 0.1) is 5.54 Å². The van der Waals surface area contributed by atoms with Crippen molar-refractivity contribution in [1.82, 2.24) is 0 Å². The van der Waals surface area contributed by atoms with E-state index in [0.717, 1.165) is 0 Å². The fraction of sp³-hybridized carbons (Fsp3) is 0.462. The normalized spacial score (nSPS) is 31.7. The number of ether oxygens (including phenoxy) is 1. The van der Waals surface area contributed by atoms with Gasteiger partial charge in [0, 0.05) is 17.2 Å². The Morgan fingerprint density at radius 3 is 2.67 bits per heavy atom. The molecule has 0 bridgehead atoms. The molecule has 1 aromatic carbocycles. The molecule has 3 atom stereocenters. The Hall–Kier alpha value is -1.78. The van der Waals surface area contributed by atoms with Crippen molar-refractivity contribution in [2.75, 3.05) is 5.73 Å². The van der Waals surface area contributed by atoms with Crippen LogP contribution < -0.4 is 11.5 Å². The number of amidine groups is 1. The van der Waals surface area contributed by atoms with E-state index in [9.17, 15) is 4.39 Å². The Morgan fingerprint density at radius 1 is 1.33 bits per heavy atom. The summed E-state index contributed by atoms with van der Waals surface area (Å²) in [5, 5.41) is 0. The van der Waals surface area contributed by atoms with Crippen molar-refractivity contribution in [2.24, 2.45) is 16.6 Å². The maximum atomic E-state index is 14.0. The Balaban J connectivity index is 2.59. The smallest absolute Gasteiger partial charge is 0.283 e. The maximum absolute atomic E-state index is 14.0. The van der Waals surface area contributed by atoms with Crippen LogP contribution in [0, 0.1) is 11.7 Å². The molecule has 18 heavy (non-hydrogen) atoms. The summed E-state index contributed by atoms with van der Waals surface area (Å²) in [7, 11) is 0. The van der Waals surface area contributed by atoms with Gasteiger partial charge >= 0.3 is 0 Å². The molecular formula is C13H18FN3O. The van der Waals surface area contributed by atoms with E-state index in [-0.39, 0.29) is 23.9 Å². The van der Waals surface area contributed by atoms with E-state index in [1.54, 1.807) is 6.07 Å². The van der Waals surface area contributed by atoms with Crippen LogP contribution in [0.5, 0.6) is 0 Å². The first kappa shape index (κ1) is 12.7. The first-order chi connectivity index (χ1) is 8.34. The SMILES string of the molecule is CC1OC(N)=N[C@@](C)(c2cc(N)ccc2F)[C@@H]1C. The molecule has 0 aromatic heterocycles. The summed E-state index contributed by atoms with van der Waals surface area (Å²) < 4.78 is 19.4. The third kappa shape index (κ3) is 1.89. The standard InChI is InChI=1S/C13H18FN3O/c1-7-8(2)18-12(16)17-13(7,3)10-6-9(15)4-5-11(10)14/h4-8H,15H2,1-3H3,(H2,16,17)/t7-,8?,13-/m1/s1. The Labute approximate surface area is 106 Å². The van der Waals surface area contributed by atoms with Crippen molar-refractivity contribution < 1.29 is 9.13 Å². The summed E-state index contributed by atoms with van der Waals surface area (Å²) in [5.41, 5.74) is 11.6. The van der Waals surface area contributed by atoms with Crippen molar-refractivity contribution >= 4 is 11.7 Å². The monoisotopic (exact) mass is 251 g/mol. The van der Waals surface area contributed by atoms with Gasteiger partial charge in [-0.05, 0) is 32.0 Å². The molecule has 1 aromatic rings. The first-order valence-corrected chi connectivity index (χ1v) is 5.92. The largest absolute Gasteiger partial charge is 0.462 e. The Kier molecular flexibility index (Phi) is 2.92. The Morgan fingerprint density at radius 2 is 2.00 bits per heavy atom. The number of nitrogens with two attached hydrogens (primary N) is 2. The molecular weight excluding hydrogens is 233 g/mol. The second-order valence-corrected chi connectivity index (χ2v) is 4.95. The molecule has 0 amide bonds. The lowest BCUT2D eigenvalue weighted by Gasteiger charge is -2.40. The predicted octanol–water partition coefficient (Wildman–Crippen LogP) is 1.99. The van der Waals surface area contributed by atoms with Crippen molar-refractivity contribution in [3.8, 4) is 0 Å². The van der Waals surface area contributed by atoms with Gasteiger partial charge in [-0.3, -0.25) is 0 Å². The van der Waals surface area contributed by atoms with Crippen LogP contribution in [0.2, 0.25) is 0 Å². The summed E-state index contributed by atoms with van der Waals surface area (Å²) in [6, 6.07) is 4.59. The lowest BCUT2D eigenvalue weighted by Crippen LogP contribution is -2.45. The predicted molar refractivity (Wildman–Crippen MR) is 69.5 cm³/mol. The number of halogens is 1. The minimum absolute atomic E-state index is 0.0129. The molecule has 4 N–H and O–H groups in total. The highest BCUT2D eigenvalue weighted by atomic mass is 19.1. The van der Waals surface area contributed by atoms with E-state index in [1.807, 2.05) is 20.8 Å². The molecule has 0 radical (unpaired) electrons. The van der Waals surface area contributed by atoms with E-state index >= 15 is 0 Å². The zero-order valence-electron chi connectivity index (χ0n) is 10.8. The summed E-state index contributed by atoms with van der Waals surface area (Å²) in [4.78, 5) is 4.29. The number of nitrogen functional groups attached to an aromatic ring is 1. The number of hydrogen-bond donors (Lipinski definition) is 2. The number of anilines is 1. The number of aliphatic imine (C=N–C) groups is 1. The van der Waals surface area contributed by atoms with Crippen LogP contribution >= 0.6 is 0 Å². The van der Waals surface area contributed by atoms with Gasteiger partial charge in [0.2, 0.25) is 0 Å². The van der Waals surface area contributed by atoms with E-state index < -0.39 is 5.54 Å². The third-order valence-corrected chi connectivity index (χ3v) is 3.78. The van der Waals surface area contributed by atoms with E-state index in [2.05, 4.69) is 4.99 Å². The molecule has 1 heterocycles. The molecule has 98 valence electrons. The Bertz CT molecular complexity index is 503. The number of benzene rings is 1. The van der Waals surface area contributed by atoms with Gasteiger partial charge in [-0.2, -0.15) is 0 Å². The summed E-state index contributed by atoms with van der Waals surface area (Å²) in [6.45, 7) is 5.71. The maximum Gasteiger partial charge on any atom is 0.283 e. The molecule has 0 saturated heterocycles. The molecule has 2 rings (SSSR count). The highest BCUT2D eigenvalue weighted by molar-refractivity contribution is 5.73. The van der Waals surface area contributed by atoms with Crippen LogP contribution in [0.4, 0.5) is 10.1 Å². The number of rotatable bonds is 1. The van der Waals surface area contributed by atoms with Crippen LogP contribution in [0.3, 0.4) is 0 Å². The first-order valence-electron chi connectivity index (χ1n) is 5.92. The molecule has 0 fully saturated rings. The van der Waals surface area contributed by atoms with E-state index in [0.29, 0.717) is 11.3 Å². The van der Waals surface area contributed by atoms with Gasteiger partial charge in [0.15, 0.2) is 0 Å². The van der Waals surface area contributed by atoms with Gasteiger partial charge in [-0.1, -0.05) is 6.92 Å².